The van der Waals surface area contributed by atoms with Crippen LogP contribution in [-0.4, -0.2) is 57.8 Å². The van der Waals surface area contributed by atoms with Crippen LogP contribution in [0.4, 0.5) is 5.69 Å². The number of ether oxygens (including phenoxy) is 1. The molecule has 23 heavy (non-hydrogen) atoms. The van der Waals surface area contributed by atoms with Gasteiger partial charge in [-0.2, -0.15) is 0 Å². The van der Waals surface area contributed by atoms with Gasteiger partial charge in [-0.3, -0.25) is 9.10 Å². The molecule has 0 saturated carbocycles. The van der Waals surface area contributed by atoms with Gasteiger partial charge >= 0.3 is 0 Å². The van der Waals surface area contributed by atoms with E-state index in [9.17, 15) is 13.2 Å². The van der Waals surface area contributed by atoms with Gasteiger partial charge in [0, 0.05) is 19.6 Å². The van der Waals surface area contributed by atoms with Crippen LogP contribution in [0.5, 0.6) is 0 Å². The summed E-state index contributed by atoms with van der Waals surface area (Å²) < 4.78 is 30.9. The molecule has 2 heterocycles. The Labute approximate surface area is 141 Å². The van der Waals surface area contributed by atoms with E-state index in [1.807, 2.05) is 0 Å². The van der Waals surface area contributed by atoms with Crippen molar-refractivity contribution < 1.29 is 17.9 Å². The lowest BCUT2D eigenvalue weighted by Crippen LogP contribution is -2.41. The predicted molar refractivity (Wildman–Crippen MR) is 88.5 cm³/mol. The van der Waals surface area contributed by atoms with Gasteiger partial charge in [-0.15, -0.1) is 0 Å². The highest BCUT2D eigenvalue weighted by Crippen LogP contribution is 2.29. The quantitative estimate of drug-likeness (QED) is 0.807. The minimum atomic E-state index is -3.28. The van der Waals surface area contributed by atoms with Crippen molar-refractivity contribution >= 4 is 33.2 Å². The Hall–Kier alpha value is -1.31. The average molecular weight is 359 g/mol. The number of morpholine rings is 1. The van der Waals surface area contributed by atoms with E-state index >= 15 is 0 Å². The van der Waals surface area contributed by atoms with Gasteiger partial charge in [-0.1, -0.05) is 11.6 Å². The number of carbonyl (C=O) groups excluding carboxylic acids is 1. The van der Waals surface area contributed by atoms with Gasteiger partial charge in [0.25, 0.3) is 5.91 Å². The maximum atomic E-state index is 12.5. The third-order valence-corrected chi connectivity index (χ3v) is 6.30. The van der Waals surface area contributed by atoms with E-state index in [1.165, 1.54) is 4.31 Å². The maximum absolute atomic E-state index is 12.5. The zero-order chi connectivity index (χ0) is 16.4. The molecule has 0 bridgehead atoms. The van der Waals surface area contributed by atoms with Crippen molar-refractivity contribution in [3.8, 4) is 0 Å². The van der Waals surface area contributed by atoms with Crippen molar-refractivity contribution in [2.45, 2.75) is 12.8 Å². The molecular formula is C15H19ClN2O4S. The number of hydrogen-bond donors (Lipinski definition) is 0. The van der Waals surface area contributed by atoms with E-state index < -0.39 is 10.0 Å². The summed E-state index contributed by atoms with van der Waals surface area (Å²) >= 11 is 6.26. The number of carbonyl (C=O) groups is 1. The molecule has 1 amide bonds. The number of hydrogen-bond acceptors (Lipinski definition) is 4. The van der Waals surface area contributed by atoms with Crippen LogP contribution in [0.1, 0.15) is 23.2 Å². The van der Waals surface area contributed by atoms with Crippen molar-refractivity contribution in [2.24, 2.45) is 0 Å². The smallest absolute Gasteiger partial charge is 0.255 e. The molecule has 1 aromatic rings. The van der Waals surface area contributed by atoms with Crippen molar-refractivity contribution in [3.63, 3.8) is 0 Å². The highest BCUT2D eigenvalue weighted by atomic mass is 35.5. The van der Waals surface area contributed by atoms with Crippen LogP contribution in [0.15, 0.2) is 18.2 Å². The summed E-state index contributed by atoms with van der Waals surface area (Å²) in [6.45, 7) is 2.57. The van der Waals surface area contributed by atoms with Crippen LogP contribution in [0.2, 0.25) is 5.02 Å². The third-order valence-electron chi connectivity index (χ3n) is 4.12. The van der Waals surface area contributed by atoms with E-state index in [-0.39, 0.29) is 16.7 Å². The Kier molecular flexibility index (Phi) is 4.79. The van der Waals surface area contributed by atoms with Crippen LogP contribution in [0.25, 0.3) is 0 Å². The highest BCUT2D eigenvalue weighted by molar-refractivity contribution is 7.92. The molecule has 126 valence electrons. The molecule has 2 saturated heterocycles. The molecule has 3 rings (SSSR count). The van der Waals surface area contributed by atoms with Crippen LogP contribution in [-0.2, 0) is 14.8 Å². The van der Waals surface area contributed by atoms with Crippen LogP contribution in [0.3, 0.4) is 0 Å². The summed E-state index contributed by atoms with van der Waals surface area (Å²) in [6.07, 6.45) is 1.51. The van der Waals surface area contributed by atoms with E-state index in [4.69, 9.17) is 16.3 Å². The Morgan fingerprint density at radius 2 is 1.87 bits per heavy atom. The first-order chi connectivity index (χ1) is 11.0. The van der Waals surface area contributed by atoms with Gasteiger partial charge in [0.2, 0.25) is 10.0 Å². The Morgan fingerprint density at radius 3 is 2.52 bits per heavy atom. The standard InChI is InChI=1S/C15H19ClN2O4S/c16-14-11-12(18-5-1-2-10-23(18,20)21)3-4-13(14)15(19)17-6-8-22-9-7-17/h3-4,11H,1-2,5-10H2. The first-order valence-corrected chi connectivity index (χ1v) is 9.65. The highest BCUT2D eigenvalue weighted by Gasteiger charge is 2.27. The second kappa shape index (κ2) is 6.67. The molecule has 1 aromatic carbocycles. The SMILES string of the molecule is O=C(c1ccc(N2CCCCS2(=O)=O)cc1Cl)N1CCOCC1. The monoisotopic (exact) mass is 358 g/mol. The molecule has 6 nitrogen and oxygen atoms in total. The topological polar surface area (TPSA) is 66.9 Å². The minimum absolute atomic E-state index is 0.147. The number of benzene rings is 1. The number of anilines is 1. The van der Waals surface area contributed by atoms with Crippen LogP contribution >= 0.6 is 11.6 Å². The predicted octanol–water partition coefficient (Wildman–Crippen LogP) is 1.74. The zero-order valence-electron chi connectivity index (χ0n) is 12.7. The maximum Gasteiger partial charge on any atom is 0.255 e. The largest absolute Gasteiger partial charge is 0.378 e. The van der Waals surface area contributed by atoms with Crippen LogP contribution < -0.4 is 4.31 Å². The number of nitrogens with zero attached hydrogens (tertiary/aromatic N) is 2. The van der Waals surface area contributed by atoms with E-state index in [0.717, 1.165) is 6.42 Å². The number of sulfonamides is 1. The third kappa shape index (κ3) is 3.46. The van der Waals surface area contributed by atoms with E-state index in [2.05, 4.69) is 0 Å². The fraction of sp³-hybridized carbons (Fsp3) is 0.533. The molecule has 2 aliphatic rings. The molecule has 0 aromatic heterocycles. The molecule has 0 N–H and O–H groups in total. The molecule has 2 fully saturated rings. The molecule has 0 aliphatic carbocycles. The molecule has 0 atom stereocenters. The summed E-state index contributed by atoms with van der Waals surface area (Å²) in [6, 6.07) is 4.83. The second-order valence-corrected chi connectivity index (χ2v) is 8.08. The van der Waals surface area contributed by atoms with Crippen LogP contribution in [0, 0.1) is 0 Å². The Morgan fingerprint density at radius 1 is 1.13 bits per heavy atom. The van der Waals surface area contributed by atoms with Crippen molar-refractivity contribution in [1.82, 2.24) is 4.90 Å². The fourth-order valence-electron chi connectivity index (χ4n) is 2.85. The van der Waals surface area contributed by atoms with Gasteiger partial charge in [-0.25, -0.2) is 8.42 Å². The molecule has 0 spiro atoms. The molecular weight excluding hydrogens is 340 g/mol. The average Bonchev–Trinajstić information content (AvgIpc) is 2.54. The zero-order valence-corrected chi connectivity index (χ0v) is 14.3. The summed E-state index contributed by atoms with van der Waals surface area (Å²) in [5.74, 6) is 0.00497. The van der Waals surface area contributed by atoms with Gasteiger partial charge in [-0.05, 0) is 31.0 Å². The molecule has 0 radical (unpaired) electrons. The number of rotatable bonds is 2. The Balaban J connectivity index is 1.84. The fourth-order valence-corrected chi connectivity index (χ4v) is 4.74. The number of halogens is 1. The lowest BCUT2D eigenvalue weighted by molar-refractivity contribution is 0.0303. The van der Waals surface area contributed by atoms with Gasteiger partial charge in [0.15, 0.2) is 0 Å². The van der Waals surface area contributed by atoms with Crippen molar-refractivity contribution in [1.29, 1.82) is 0 Å². The summed E-state index contributed by atoms with van der Waals surface area (Å²) in [5.41, 5.74) is 0.917. The minimum Gasteiger partial charge on any atom is -0.378 e. The molecule has 2 aliphatic heterocycles. The first kappa shape index (κ1) is 16.5. The summed E-state index contributed by atoms with van der Waals surface area (Å²) in [5, 5.41) is 0.278. The lowest BCUT2D eigenvalue weighted by Gasteiger charge is -2.29. The van der Waals surface area contributed by atoms with Gasteiger partial charge in [0.1, 0.15) is 0 Å². The summed E-state index contributed by atoms with van der Waals surface area (Å²) in [7, 11) is -3.28. The van der Waals surface area contributed by atoms with Gasteiger partial charge < -0.3 is 9.64 Å². The van der Waals surface area contributed by atoms with Crippen molar-refractivity contribution in [3.05, 3.63) is 28.8 Å². The van der Waals surface area contributed by atoms with E-state index in [1.54, 1.807) is 23.1 Å². The van der Waals surface area contributed by atoms with Crippen molar-refractivity contribution in [2.75, 3.05) is 42.9 Å². The first-order valence-electron chi connectivity index (χ1n) is 7.66. The normalized spacial score (nSPS) is 21.3. The number of amides is 1. The molecule has 8 heteroatoms. The second-order valence-electron chi connectivity index (χ2n) is 5.66. The van der Waals surface area contributed by atoms with E-state index in [0.29, 0.717) is 50.5 Å². The van der Waals surface area contributed by atoms with Gasteiger partial charge in [0.05, 0.1) is 35.2 Å². The lowest BCUT2D eigenvalue weighted by atomic mass is 10.1. The summed E-state index contributed by atoms with van der Waals surface area (Å²) in [4.78, 5) is 14.2. The molecule has 0 unspecified atom stereocenters. The Bertz CT molecular complexity index is 701.